The molecule has 186 valence electrons. The first-order chi connectivity index (χ1) is 16.7. The molecule has 0 saturated carbocycles. The quantitative estimate of drug-likeness (QED) is 0.564. The molecule has 5 rings (SSSR count). The normalized spacial score (nSPS) is 22.3. The molecular weight excluding hydrogens is 530 g/mol. The van der Waals surface area contributed by atoms with Crippen molar-refractivity contribution in [2.75, 3.05) is 29.4 Å². The van der Waals surface area contributed by atoms with Gasteiger partial charge in [-0.2, -0.15) is 4.31 Å². The molecule has 0 spiro atoms. The third kappa shape index (κ3) is 4.21. The van der Waals surface area contributed by atoms with E-state index in [-0.39, 0.29) is 29.3 Å². The Morgan fingerprint density at radius 3 is 2.66 bits per heavy atom. The maximum Gasteiger partial charge on any atom is 0.245 e. The van der Waals surface area contributed by atoms with Crippen molar-refractivity contribution in [3.63, 3.8) is 0 Å². The molecule has 2 aromatic carbocycles. The number of nitrogens with zero attached hydrogens (tertiary/aromatic N) is 3. The van der Waals surface area contributed by atoms with Crippen molar-refractivity contribution in [1.82, 2.24) is 4.31 Å². The molecular formula is C26H30BrN3O4S. The third-order valence-electron chi connectivity index (χ3n) is 7.39. The number of benzene rings is 2. The first-order valence-electron chi connectivity index (χ1n) is 12.3. The average molecular weight is 561 g/mol. The summed E-state index contributed by atoms with van der Waals surface area (Å²) >= 11 is 3.46. The van der Waals surface area contributed by atoms with Gasteiger partial charge in [-0.05, 0) is 61.9 Å². The van der Waals surface area contributed by atoms with Crippen LogP contribution in [0.25, 0.3) is 0 Å². The molecule has 0 bridgehead atoms. The van der Waals surface area contributed by atoms with Crippen LogP contribution in [0.5, 0.6) is 0 Å². The number of hydrogen-bond acceptors (Lipinski definition) is 4. The second kappa shape index (κ2) is 9.33. The maximum atomic E-state index is 14.0. The fourth-order valence-electron chi connectivity index (χ4n) is 5.71. The molecule has 3 aliphatic rings. The molecule has 1 saturated heterocycles. The summed E-state index contributed by atoms with van der Waals surface area (Å²) in [6, 6.07) is 11.5. The highest BCUT2D eigenvalue weighted by molar-refractivity contribution is 9.10. The van der Waals surface area contributed by atoms with E-state index in [1.807, 2.05) is 42.2 Å². The lowest BCUT2D eigenvalue weighted by molar-refractivity contribution is -0.123. The second-order valence-electron chi connectivity index (χ2n) is 9.65. The molecule has 35 heavy (non-hydrogen) atoms. The fraction of sp³-hybridized carbons (Fsp3) is 0.462. The summed E-state index contributed by atoms with van der Waals surface area (Å²) in [5.74, 6) is -0.499. The Kier molecular flexibility index (Phi) is 6.52. The summed E-state index contributed by atoms with van der Waals surface area (Å²) < 4.78 is 30.0. The molecule has 9 heteroatoms. The first kappa shape index (κ1) is 24.5. The molecule has 2 unspecified atom stereocenters. The van der Waals surface area contributed by atoms with Crippen LogP contribution in [0.1, 0.15) is 44.2 Å². The Balaban J connectivity index is 1.45. The lowest BCUT2D eigenvalue weighted by Gasteiger charge is -2.35. The lowest BCUT2D eigenvalue weighted by atomic mass is 9.97. The number of sulfonamides is 1. The van der Waals surface area contributed by atoms with Crippen molar-refractivity contribution in [1.29, 1.82) is 0 Å². The van der Waals surface area contributed by atoms with E-state index in [1.54, 1.807) is 17.9 Å². The van der Waals surface area contributed by atoms with Gasteiger partial charge in [-0.25, -0.2) is 8.42 Å². The third-order valence-corrected chi connectivity index (χ3v) is 9.73. The number of para-hydroxylation sites is 1. The monoisotopic (exact) mass is 559 g/mol. The van der Waals surface area contributed by atoms with Gasteiger partial charge in [-0.15, -0.1) is 0 Å². The summed E-state index contributed by atoms with van der Waals surface area (Å²) in [5.41, 5.74) is 3.44. The van der Waals surface area contributed by atoms with Gasteiger partial charge >= 0.3 is 0 Å². The number of anilines is 2. The summed E-state index contributed by atoms with van der Waals surface area (Å²) in [7, 11) is -3.91. The Morgan fingerprint density at radius 1 is 1.11 bits per heavy atom. The second-order valence-corrected chi connectivity index (χ2v) is 12.5. The topological polar surface area (TPSA) is 78.0 Å². The SMILES string of the molecule is CCC(=O)N1CCc2cc(Br)cc(S(=O)(=O)N3CCCC(C(=O)N4c5ccccc5CC4C)C3)c21. The van der Waals surface area contributed by atoms with E-state index in [0.717, 1.165) is 23.2 Å². The van der Waals surface area contributed by atoms with Crippen molar-refractivity contribution in [2.24, 2.45) is 5.92 Å². The van der Waals surface area contributed by atoms with E-state index in [4.69, 9.17) is 0 Å². The van der Waals surface area contributed by atoms with Crippen LogP contribution in [0.15, 0.2) is 45.8 Å². The Bertz CT molecular complexity index is 1300. The van der Waals surface area contributed by atoms with Crippen LogP contribution in [0.2, 0.25) is 0 Å². The zero-order valence-electron chi connectivity index (χ0n) is 20.0. The van der Waals surface area contributed by atoms with Gasteiger partial charge in [0.15, 0.2) is 0 Å². The molecule has 2 amide bonds. The van der Waals surface area contributed by atoms with Crippen molar-refractivity contribution < 1.29 is 18.0 Å². The van der Waals surface area contributed by atoms with Crippen molar-refractivity contribution in [3.8, 4) is 0 Å². The first-order valence-corrected chi connectivity index (χ1v) is 14.5. The minimum absolute atomic E-state index is 0.00962. The van der Waals surface area contributed by atoms with Crippen LogP contribution in [-0.2, 0) is 32.5 Å². The van der Waals surface area contributed by atoms with E-state index in [9.17, 15) is 18.0 Å². The Morgan fingerprint density at radius 2 is 1.89 bits per heavy atom. The number of fused-ring (bicyclic) bond motifs is 2. The van der Waals surface area contributed by atoms with Crippen LogP contribution in [0, 0.1) is 5.92 Å². The predicted octanol–water partition coefficient (Wildman–Crippen LogP) is 4.13. The predicted molar refractivity (Wildman–Crippen MR) is 139 cm³/mol. The smallest absolute Gasteiger partial charge is 0.245 e. The molecule has 3 heterocycles. The molecule has 0 radical (unpaired) electrons. The minimum atomic E-state index is -3.91. The van der Waals surface area contributed by atoms with Crippen LogP contribution in [0.4, 0.5) is 11.4 Å². The molecule has 0 aliphatic carbocycles. The van der Waals surface area contributed by atoms with Gasteiger partial charge in [0, 0.05) is 42.3 Å². The minimum Gasteiger partial charge on any atom is -0.310 e. The Labute approximate surface area is 215 Å². The highest BCUT2D eigenvalue weighted by atomic mass is 79.9. The van der Waals surface area contributed by atoms with Gasteiger partial charge in [-0.3, -0.25) is 9.59 Å². The number of halogens is 1. The number of amides is 2. The summed E-state index contributed by atoms with van der Waals surface area (Å²) in [6.45, 7) is 4.82. The molecule has 1 fully saturated rings. The molecule has 2 atom stereocenters. The van der Waals surface area contributed by atoms with Crippen molar-refractivity contribution >= 4 is 49.1 Å². The molecule has 7 nitrogen and oxygen atoms in total. The van der Waals surface area contributed by atoms with Crippen LogP contribution in [-0.4, -0.2) is 50.2 Å². The maximum absolute atomic E-state index is 14.0. The number of piperidine rings is 1. The molecule has 0 N–H and O–H groups in total. The van der Waals surface area contributed by atoms with Gasteiger partial charge in [0.05, 0.1) is 11.6 Å². The van der Waals surface area contributed by atoms with Crippen LogP contribution < -0.4 is 9.80 Å². The van der Waals surface area contributed by atoms with Gasteiger partial charge in [-0.1, -0.05) is 41.1 Å². The number of carbonyl (C=O) groups is 2. The number of carbonyl (C=O) groups excluding carboxylic acids is 2. The fourth-order valence-corrected chi connectivity index (χ4v) is 8.15. The highest BCUT2D eigenvalue weighted by Crippen LogP contribution is 2.40. The standard InChI is InChI=1S/C26H30BrN3O4S/c1-3-24(31)29-12-10-19-14-21(27)15-23(25(19)29)35(33,34)28-11-6-8-20(16-28)26(32)30-17(2)13-18-7-4-5-9-22(18)30/h4-5,7,9,14-15,17,20H,3,6,8,10-13,16H2,1-2H3. The molecule has 0 aromatic heterocycles. The van der Waals surface area contributed by atoms with E-state index in [0.29, 0.717) is 48.9 Å². The van der Waals surface area contributed by atoms with E-state index < -0.39 is 15.9 Å². The van der Waals surface area contributed by atoms with Crippen LogP contribution in [0.3, 0.4) is 0 Å². The van der Waals surface area contributed by atoms with Crippen LogP contribution >= 0.6 is 15.9 Å². The van der Waals surface area contributed by atoms with Gasteiger partial charge < -0.3 is 9.80 Å². The summed E-state index contributed by atoms with van der Waals surface area (Å²) in [6.07, 6.45) is 3.02. The zero-order valence-corrected chi connectivity index (χ0v) is 22.4. The lowest BCUT2D eigenvalue weighted by Crippen LogP contribution is -2.48. The van der Waals surface area contributed by atoms with E-state index >= 15 is 0 Å². The van der Waals surface area contributed by atoms with Gasteiger partial charge in [0.1, 0.15) is 4.90 Å². The number of hydrogen-bond donors (Lipinski definition) is 0. The van der Waals surface area contributed by atoms with Gasteiger partial charge in [0.2, 0.25) is 21.8 Å². The van der Waals surface area contributed by atoms with E-state index in [2.05, 4.69) is 15.9 Å². The largest absolute Gasteiger partial charge is 0.310 e. The zero-order chi connectivity index (χ0) is 24.9. The number of rotatable bonds is 4. The molecule has 2 aromatic rings. The summed E-state index contributed by atoms with van der Waals surface area (Å²) in [5, 5.41) is 0. The average Bonchev–Trinajstić information content (AvgIpc) is 3.42. The highest BCUT2D eigenvalue weighted by Gasteiger charge is 2.41. The van der Waals surface area contributed by atoms with Crippen molar-refractivity contribution in [3.05, 3.63) is 52.0 Å². The van der Waals surface area contributed by atoms with Gasteiger partial charge in [0.25, 0.3) is 0 Å². The molecule has 3 aliphatic heterocycles. The van der Waals surface area contributed by atoms with E-state index in [1.165, 1.54) is 4.31 Å². The Hall–Kier alpha value is -2.23. The summed E-state index contributed by atoms with van der Waals surface area (Å²) in [4.78, 5) is 29.8. The van der Waals surface area contributed by atoms with Crippen molar-refractivity contribution in [2.45, 2.75) is 56.9 Å².